The van der Waals surface area contributed by atoms with E-state index in [4.69, 9.17) is 17.3 Å². The van der Waals surface area contributed by atoms with E-state index in [1.165, 1.54) is 6.20 Å². The van der Waals surface area contributed by atoms with Gasteiger partial charge in [0.05, 0.1) is 5.02 Å². The fraction of sp³-hybridized carbons (Fsp3) is 0.0769. The van der Waals surface area contributed by atoms with Gasteiger partial charge in [-0.2, -0.15) is 0 Å². The molecule has 1 aromatic carbocycles. The van der Waals surface area contributed by atoms with Gasteiger partial charge >= 0.3 is 0 Å². The van der Waals surface area contributed by atoms with Crippen molar-refractivity contribution in [3.63, 3.8) is 0 Å². The number of aromatic nitrogens is 1. The van der Waals surface area contributed by atoms with Crippen molar-refractivity contribution in [3.8, 4) is 0 Å². The number of nitrogens with one attached hydrogen (secondary N) is 1. The average Bonchev–Trinajstić information content (AvgIpc) is 2.35. The number of pyridine rings is 1. The van der Waals surface area contributed by atoms with Gasteiger partial charge < -0.3 is 11.1 Å². The van der Waals surface area contributed by atoms with E-state index in [0.29, 0.717) is 22.1 Å². The number of aryl methyl sites for hydroxylation is 1. The van der Waals surface area contributed by atoms with Crippen LogP contribution in [0.3, 0.4) is 0 Å². The molecule has 0 unspecified atom stereocenters. The lowest BCUT2D eigenvalue weighted by atomic mass is 10.1. The maximum atomic E-state index is 12.0. The zero-order chi connectivity index (χ0) is 13.1. The monoisotopic (exact) mass is 261 g/mol. The highest BCUT2D eigenvalue weighted by atomic mass is 35.5. The molecule has 2 rings (SSSR count). The highest BCUT2D eigenvalue weighted by Gasteiger charge is 2.10. The molecule has 0 fully saturated rings. The second-order valence-electron chi connectivity index (χ2n) is 3.89. The summed E-state index contributed by atoms with van der Waals surface area (Å²) in [6, 6.07) is 8.50. The topological polar surface area (TPSA) is 68.0 Å². The lowest BCUT2D eigenvalue weighted by Gasteiger charge is -2.07. The third kappa shape index (κ3) is 2.78. The predicted molar refractivity (Wildman–Crippen MR) is 72.8 cm³/mol. The van der Waals surface area contributed by atoms with Crippen LogP contribution in [0.2, 0.25) is 5.02 Å². The van der Waals surface area contributed by atoms with Crippen LogP contribution in [-0.2, 0) is 0 Å². The number of nitrogens with two attached hydrogens (primary N) is 1. The Labute approximate surface area is 110 Å². The Balaban J connectivity index is 2.21. The molecular weight excluding hydrogens is 250 g/mol. The molecule has 5 heteroatoms. The van der Waals surface area contributed by atoms with Crippen LogP contribution in [0.25, 0.3) is 0 Å². The normalized spacial score (nSPS) is 10.1. The first-order valence-electron chi connectivity index (χ1n) is 5.35. The van der Waals surface area contributed by atoms with Crippen molar-refractivity contribution in [3.05, 3.63) is 52.7 Å². The van der Waals surface area contributed by atoms with Gasteiger partial charge in [0.1, 0.15) is 5.82 Å². The van der Waals surface area contributed by atoms with E-state index in [1.807, 2.05) is 6.92 Å². The average molecular weight is 262 g/mol. The lowest BCUT2D eigenvalue weighted by Crippen LogP contribution is -2.14. The van der Waals surface area contributed by atoms with Crippen molar-refractivity contribution in [2.24, 2.45) is 0 Å². The molecule has 0 atom stereocenters. The predicted octanol–water partition coefficient (Wildman–Crippen LogP) is 2.88. The molecule has 1 amide bonds. The first-order valence-corrected chi connectivity index (χ1v) is 5.73. The third-order valence-corrected chi connectivity index (χ3v) is 2.70. The summed E-state index contributed by atoms with van der Waals surface area (Å²) in [5.41, 5.74) is 7.61. The standard InChI is InChI=1S/C13H12ClN3O/c1-8-2-4-10(15)6-11(8)13(18)17-12-5-3-9(14)7-16-12/h2-7H,15H2,1H3,(H,16,17,18). The number of halogens is 1. The largest absolute Gasteiger partial charge is 0.399 e. The van der Waals surface area contributed by atoms with Crippen LogP contribution in [0, 0.1) is 6.92 Å². The molecule has 1 heterocycles. The Bertz CT molecular complexity index is 581. The number of nitrogens with zero attached hydrogens (tertiary/aromatic N) is 1. The van der Waals surface area contributed by atoms with Gasteiger partial charge in [-0.1, -0.05) is 17.7 Å². The summed E-state index contributed by atoms with van der Waals surface area (Å²) in [5, 5.41) is 3.21. The Morgan fingerprint density at radius 1 is 1.33 bits per heavy atom. The Morgan fingerprint density at radius 2 is 2.11 bits per heavy atom. The van der Waals surface area contributed by atoms with Gasteiger partial charge in [-0.15, -0.1) is 0 Å². The van der Waals surface area contributed by atoms with E-state index in [9.17, 15) is 4.79 Å². The van der Waals surface area contributed by atoms with Gasteiger partial charge in [0.15, 0.2) is 0 Å². The smallest absolute Gasteiger partial charge is 0.257 e. The van der Waals surface area contributed by atoms with Crippen molar-refractivity contribution in [2.45, 2.75) is 6.92 Å². The maximum absolute atomic E-state index is 12.0. The zero-order valence-corrected chi connectivity index (χ0v) is 10.5. The molecule has 3 N–H and O–H groups in total. The van der Waals surface area contributed by atoms with Gasteiger partial charge in [0, 0.05) is 17.4 Å². The molecule has 0 saturated heterocycles. The minimum absolute atomic E-state index is 0.241. The Kier molecular flexibility index (Phi) is 3.48. The second-order valence-corrected chi connectivity index (χ2v) is 4.33. The summed E-state index contributed by atoms with van der Waals surface area (Å²) < 4.78 is 0. The van der Waals surface area contributed by atoms with Crippen molar-refractivity contribution >= 4 is 29.0 Å². The summed E-state index contributed by atoms with van der Waals surface area (Å²) in [5.74, 6) is 0.209. The molecule has 18 heavy (non-hydrogen) atoms. The molecule has 0 aliphatic carbocycles. The van der Waals surface area contributed by atoms with Crippen LogP contribution >= 0.6 is 11.6 Å². The molecule has 0 saturated carbocycles. The van der Waals surface area contributed by atoms with Crippen molar-refractivity contribution < 1.29 is 4.79 Å². The number of carbonyl (C=O) groups excluding carboxylic acids is 1. The number of benzene rings is 1. The van der Waals surface area contributed by atoms with E-state index < -0.39 is 0 Å². The van der Waals surface area contributed by atoms with Gasteiger partial charge in [-0.3, -0.25) is 4.79 Å². The second kappa shape index (κ2) is 5.06. The molecule has 0 aliphatic heterocycles. The van der Waals surface area contributed by atoms with E-state index in [2.05, 4.69) is 10.3 Å². The van der Waals surface area contributed by atoms with Crippen LogP contribution in [0.1, 0.15) is 15.9 Å². The number of amides is 1. The number of rotatable bonds is 2. The number of nitrogen functional groups attached to an aromatic ring is 1. The number of hydrogen-bond donors (Lipinski definition) is 2. The van der Waals surface area contributed by atoms with E-state index in [1.54, 1.807) is 30.3 Å². The van der Waals surface area contributed by atoms with Crippen LogP contribution in [-0.4, -0.2) is 10.9 Å². The molecule has 2 aromatic rings. The molecule has 0 aliphatic rings. The van der Waals surface area contributed by atoms with Gasteiger partial charge in [0.25, 0.3) is 5.91 Å². The molecule has 0 radical (unpaired) electrons. The van der Waals surface area contributed by atoms with Gasteiger partial charge in [0.2, 0.25) is 0 Å². The quantitative estimate of drug-likeness (QED) is 0.817. The van der Waals surface area contributed by atoms with Crippen LogP contribution < -0.4 is 11.1 Å². The zero-order valence-electron chi connectivity index (χ0n) is 9.77. The number of anilines is 2. The van der Waals surface area contributed by atoms with Gasteiger partial charge in [-0.25, -0.2) is 4.98 Å². The molecule has 0 bridgehead atoms. The fourth-order valence-corrected chi connectivity index (χ4v) is 1.63. The Morgan fingerprint density at radius 3 is 2.78 bits per heavy atom. The first-order chi connectivity index (χ1) is 8.56. The van der Waals surface area contributed by atoms with Crippen molar-refractivity contribution in [1.82, 2.24) is 4.98 Å². The van der Waals surface area contributed by atoms with Crippen LogP contribution in [0.5, 0.6) is 0 Å². The SMILES string of the molecule is Cc1ccc(N)cc1C(=O)Nc1ccc(Cl)cn1. The molecule has 92 valence electrons. The van der Waals surface area contributed by atoms with Crippen LogP contribution in [0.4, 0.5) is 11.5 Å². The fourth-order valence-electron chi connectivity index (χ4n) is 1.52. The summed E-state index contributed by atoms with van der Waals surface area (Å²) >= 11 is 5.72. The summed E-state index contributed by atoms with van der Waals surface area (Å²) in [4.78, 5) is 16.0. The third-order valence-electron chi connectivity index (χ3n) is 2.48. The van der Waals surface area contributed by atoms with Crippen molar-refractivity contribution in [2.75, 3.05) is 11.1 Å². The molecule has 0 spiro atoms. The minimum Gasteiger partial charge on any atom is -0.399 e. The van der Waals surface area contributed by atoms with E-state index >= 15 is 0 Å². The highest BCUT2D eigenvalue weighted by molar-refractivity contribution is 6.30. The summed E-state index contributed by atoms with van der Waals surface area (Å²) in [6.45, 7) is 1.85. The molecular formula is C13H12ClN3O. The lowest BCUT2D eigenvalue weighted by molar-refractivity contribution is 0.102. The number of hydrogen-bond acceptors (Lipinski definition) is 3. The van der Waals surface area contributed by atoms with Crippen molar-refractivity contribution in [1.29, 1.82) is 0 Å². The summed E-state index contributed by atoms with van der Waals surface area (Å²) in [6.07, 6.45) is 1.48. The molecule has 4 nitrogen and oxygen atoms in total. The van der Waals surface area contributed by atoms with E-state index in [-0.39, 0.29) is 5.91 Å². The Hall–Kier alpha value is -2.07. The maximum Gasteiger partial charge on any atom is 0.257 e. The highest BCUT2D eigenvalue weighted by Crippen LogP contribution is 2.15. The summed E-state index contributed by atoms with van der Waals surface area (Å²) in [7, 11) is 0. The van der Waals surface area contributed by atoms with E-state index in [0.717, 1.165) is 5.56 Å². The first kappa shape index (κ1) is 12.4. The number of carbonyl (C=O) groups is 1. The van der Waals surface area contributed by atoms with Crippen LogP contribution in [0.15, 0.2) is 36.5 Å². The van der Waals surface area contributed by atoms with Gasteiger partial charge in [-0.05, 0) is 36.8 Å². The molecule has 1 aromatic heterocycles. The minimum atomic E-state index is -0.241.